The average Bonchev–Trinajstić information content (AvgIpc) is 2.40. The lowest BCUT2D eigenvalue weighted by atomic mass is 9.85. The van der Waals surface area contributed by atoms with Crippen molar-refractivity contribution in [3.8, 4) is 0 Å². The summed E-state index contributed by atoms with van der Waals surface area (Å²) in [4.78, 5) is 23.8. The Labute approximate surface area is 104 Å². The molecule has 3 heteroatoms. The maximum Gasteiger partial charge on any atom is 0.258 e. The Morgan fingerprint density at radius 3 is 2.28 bits per heavy atom. The molecule has 18 heavy (non-hydrogen) atoms. The van der Waals surface area contributed by atoms with Gasteiger partial charge in [0.25, 0.3) is 5.91 Å². The summed E-state index contributed by atoms with van der Waals surface area (Å²) in [5.41, 5.74) is 2.25. The number of hydrogen-bond donors (Lipinski definition) is 1. The molecule has 0 radical (unpaired) electrons. The van der Waals surface area contributed by atoms with E-state index in [1.807, 2.05) is 42.5 Å². The van der Waals surface area contributed by atoms with Gasteiger partial charge in [0.05, 0.1) is 5.92 Å². The maximum absolute atomic E-state index is 12.0. The molecule has 1 N–H and O–H groups in total. The third-order valence-corrected chi connectivity index (χ3v) is 3.15. The van der Waals surface area contributed by atoms with Gasteiger partial charge in [-0.1, -0.05) is 48.5 Å². The standard InChI is InChI=1S/C15H11NO2/c17-14-12-9-5-4-8-11(12)13(15(18)16-14)10-6-2-1-3-7-10/h1-9,13H,(H,16,17,18)/t13-/m1/s1. The topological polar surface area (TPSA) is 46.2 Å². The number of imide groups is 1. The van der Waals surface area contributed by atoms with Gasteiger partial charge in [-0.15, -0.1) is 0 Å². The molecule has 1 aliphatic rings. The van der Waals surface area contributed by atoms with Gasteiger partial charge >= 0.3 is 0 Å². The zero-order valence-electron chi connectivity index (χ0n) is 9.59. The van der Waals surface area contributed by atoms with Crippen molar-refractivity contribution in [1.29, 1.82) is 0 Å². The Bertz CT molecular complexity index is 619. The van der Waals surface area contributed by atoms with Gasteiger partial charge in [-0.05, 0) is 17.2 Å². The van der Waals surface area contributed by atoms with E-state index in [0.29, 0.717) is 5.56 Å². The molecule has 1 atom stereocenters. The Kier molecular flexibility index (Phi) is 2.45. The molecular weight excluding hydrogens is 226 g/mol. The summed E-state index contributed by atoms with van der Waals surface area (Å²) in [6, 6.07) is 16.7. The lowest BCUT2D eigenvalue weighted by Crippen LogP contribution is -2.40. The molecule has 0 saturated heterocycles. The second-order valence-corrected chi connectivity index (χ2v) is 4.25. The van der Waals surface area contributed by atoms with Crippen molar-refractivity contribution in [3.63, 3.8) is 0 Å². The fraction of sp³-hybridized carbons (Fsp3) is 0.0667. The van der Waals surface area contributed by atoms with E-state index >= 15 is 0 Å². The fourth-order valence-corrected chi connectivity index (χ4v) is 2.32. The molecule has 1 aliphatic heterocycles. The number of benzene rings is 2. The minimum atomic E-state index is -0.403. The van der Waals surface area contributed by atoms with Crippen molar-refractivity contribution in [2.24, 2.45) is 0 Å². The van der Waals surface area contributed by atoms with Crippen LogP contribution in [-0.2, 0) is 4.79 Å². The van der Waals surface area contributed by atoms with Gasteiger partial charge in [-0.3, -0.25) is 14.9 Å². The van der Waals surface area contributed by atoms with Crippen molar-refractivity contribution in [2.45, 2.75) is 5.92 Å². The van der Waals surface area contributed by atoms with E-state index in [2.05, 4.69) is 5.32 Å². The molecule has 0 unspecified atom stereocenters. The van der Waals surface area contributed by atoms with Gasteiger partial charge in [0, 0.05) is 5.56 Å². The fourth-order valence-electron chi connectivity index (χ4n) is 2.32. The molecule has 2 aromatic carbocycles. The molecule has 0 saturated carbocycles. The van der Waals surface area contributed by atoms with Crippen LogP contribution in [0, 0.1) is 0 Å². The van der Waals surface area contributed by atoms with Gasteiger partial charge in [-0.2, -0.15) is 0 Å². The molecule has 0 spiro atoms. The quantitative estimate of drug-likeness (QED) is 0.772. The summed E-state index contributed by atoms with van der Waals surface area (Å²) in [6.45, 7) is 0. The Morgan fingerprint density at radius 1 is 0.833 bits per heavy atom. The van der Waals surface area contributed by atoms with Crippen molar-refractivity contribution >= 4 is 11.8 Å². The van der Waals surface area contributed by atoms with E-state index in [9.17, 15) is 9.59 Å². The Morgan fingerprint density at radius 2 is 1.50 bits per heavy atom. The zero-order valence-corrected chi connectivity index (χ0v) is 9.59. The van der Waals surface area contributed by atoms with Crippen molar-refractivity contribution in [2.75, 3.05) is 0 Å². The summed E-state index contributed by atoms with van der Waals surface area (Å²) in [5, 5.41) is 2.41. The third kappa shape index (κ3) is 1.61. The highest BCUT2D eigenvalue weighted by Gasteiger charge is 2.32. The zero-order chi connectivity index (χ0) is 12.5. The maximum atomic E-state index is 12.0. The summed E-state index contributed by atoms with van der Waals surface area (Å²) in [6.07, 6.45) is 0. The first kappa shape index (κ1) is 10.7. The van der Waals surface area contributed by atoms with Crippen LogP contribution in [0.2, 0.25) is 0 Å². The van der Waals surface area contributed by atoms with E-state index in [1.165, 1.54) is 0 Å². The lowest BCUT2D eigenvalue weighted by molar-refractivity contribution is -0.121. The minimum Gasteiger partial charge on any atom is -0.291 e. The summed E-state index contributed by atoms with van der Waals surface area (Å²) < 4.78 is 0. The molecule has 2 amide bonds. The number of hydrogen-bond acceptors (Lipinski definition) is 2. The molecule has 0 bridgehead atoms. The molecule has 3 nitrogen and oxygen atoms in total. The predicted octanol–water partition coefficient (Wildman–Crippen LogP) is 2.09. The molecule has 0 aromatic heterocycles. The van der Waals surface area contributed by atoms with Crippen LogP contribution >= 0.6 is 0 Å². The van der Waals surface area contributed by atoms with Gasteiger partial charge < -0.3 is 0 Å². The van der Waals surface area contributed by atoms with Crippen LogP contribution in [0.25, 0.3) is 0 Å². The summed E-state index contributed by atoms with van der Waals surface area (Å²) in [5.74, 6) is -0.979. The Hall–Kier alpha value is -2.42. The second kappa shape index (κ2) is 4.11. The number of carbonyl (C=O) groups excluding carboxylic acids is 2. The van der Waals surface area contributed by atoms with E-state index in [1.54, 1.807) is 12.1 Å². The predicted molar refractivity (Wildman–Crippen MR) is 67.2 cm³/mol. The molecule has 0 fully saturated rings. The highest BCUT2D eigenvalue weighted by Crippen LogP contribution is 2.30. The van der Waals surface area contributed by atoms with Crippen molar-refractivity contribution in [3.05, 3.63) is 71.3 Å². The first-order chi connectivity index (χ1) is 8.77. The van der Waals surface area contributed by atoms with Crippen molar-refractivity contribution in [1.82, 2.24) is 5.32 Å². The monoisotopic (exact) mass is 237 g/mol. The molecule has 2 aromatic rings. The van der Waals surface area contributed by atoms with E-state index in [4.69, 9.17) is 0 Å². The number of fused-ring (bicyclic) bond motifs is 1. The number of amides is 2. The van der Waals surface area contributed by atoms with Gasteiger partial charge in [0.1, 0.15) is 0 Å². The van der Waals surface area contributed by atoms with Crippen LogP contribution in [0.1, 0.15) is 27.4 Å². The van der Waals surface area contributed by atoms with Crippen LogP contribution in [-0.4, -0.2) is 11.8 Å². The number of carbonyl (C=O) groups is 2. The van der Waals surface area contributed by atoms with Gasteiger partial charge in [0.2, 0.25) is 5.91 Å². The van der Waals surface area contributed by atoms with E-state index in [-0.39, 0.29) is 11.8 Å². The van der Waals surface area contributed by atoms with Crippen LogP contribution < -0.4 is 5.32 Å². The SMILES string of the molecule is O=C1NC(=O)[C@H](c2ccccc2)c2ccccc21. The normalized spacial score (nSPS) is 18.1. The van der Waals surface area contributed by atoms with Crippen molar-refractivity contribution < 1.29 is 9.59 Å². The van der Waals surface area contributed by atoms with Crippen LogP contribution in [0.4, 0.5) is 0 Å². The second-order valence-electron chi connectivity index (χ2n) is 4.25. The van der Waals surface area contributed by atoms with Crippen LogP contribution in [0.5, 0.6) is 0 Å². The third-order valence-electron chi connectivity index (χ3n) is 3.15. The van der Waals surface area contributed by atoms with Crippen LogP contribution in [0.15, 0.2) is 54.6 Å². The lowest BCUT2D eigenvalue weighted by Gasteiger charge is -2.24. The minimum absolute atomic E-state index is 0.259. The van der Waals surface area contributed by atoms with E-state index < -0.39 is 5.92 Å². The smallest absolute Gasteiger partial charge is 0.258 e. The summed E-state index contributed by atoms with van der Waals surface area (Å²) in [7, 11) is 0. The molecule has 88 valence electrons. The summed E-state index contributed by atoms with van der Waals surface area (Å²) >= 11 is 0. The molecule has 1 heterocycles. The number of rotatable bonds is 1. The highest BCUT2D eigenvalue weighted by atomic mass is 16.2. The molecule has 0 aliphatic carbocycles. The van der Waals surface area contributed by atoms with Gasteiger partial charge in [0.15, 0.2) is 0 Å². The van der Waals surface area contributed by atoms with Gasteiger partial charge in [-0.25, -0.2) is 0 Å². The number of nitrogens with one attached hydrogen (secondary N) is 1. The largest absolute Gasteiger partial charge is 0.291 e. The average molecular weight is 237 g/mol. The van der Waals surface area contributed by atoms with Crippen LogP contribution in [0.3, 0.4) is 0 Å². The highest BCUT2D eigenvalue weighted by molar-refractivity contribution is 6.12. The Balaban J connectivity index is 2.18. The molecular formula is C15H11NO2. The molecule has 3 rings (SSSR count). The van der Waals surface area contributed by atoms with E-state index in [0.717, 1.165) is 11.1 Å². The first-order valence-electron chi connectivity index (χ1n) is 5.76. The first-order valence-corrected chi connectivity index (χ1v) is 5.76.